The highest BCUT2D eigenvalue weighted by molar-refractivity contribution is 7.17. The van der Waals surface area contributed by atoms with Gasteiger partial charge in [0.25, 0.3) is 5.56 Å². The minimum atomic E-state index is -0.482. The summed E-state index contributed by atoms with van der Waals surface area (Å²) in [5, 5.41) is 4.94. The minimum Gasteiger partial charge on any atom is -0.378 e. The van der Waals surface area contributed by atoms with E-state index in [4.69, 9.17) is 5.73 Å². The average Bonchev–Trinajstić information content (AvgIpc) is 2.94. The first-order chi connectivity index (χ1) is 10.1. The second-order valence-electron chi connectivity index (χ2n) is 4.45. The van der Waals surface area contributed by atoms with Crippen LogP contribution in [0, 0.1) is 0 Å². The van der Waals surface area contributed by atoms with Gasteiger partial charge in [-0.15, -0.1) is 11.3 Å². The molecule has 21 heavy (non-hydrogen) atoms. The number of amides is 1. The lowest BCUT2D eigenvalue weighted by atomic mass is 10.2. The van der Waals surface area contributed by atoms with E-state index in [2.05, 4.69) is 15.3 Å². The van der Waals surface area contributed by atoms with E-state index < -0.39 is 5.91 Å². The summed E-state index contributed by atoms with van der Waals surface area (Å²) >= 11 is 1.36. The summed E-state index contributed by atoms with van der Waals surface area (Å²) < 4.78 is 0.620. The molecular weight excluding hydrogens is 288 g/mol. The van der Waals surface area contributed by atoms with Crippen molar-refractivity contribution in [2.45, 2.75) is 6.54 Å². The second kappa shape index (κ2) is 5.37. The Kier molecular flexibility index (Phi) is 3.41. The van der Waals surface area contributed by atoms with Crippen LogP contribution in [0.15, 0.2) is 40.5 Å². The maximum atomic E-state index is 11.8. The zero-order chi connectivity index (χ0) is 14.8. The van der Waals surface area contributed by atoms with E-state index in [1.807, 2.05) is 17.5 Å². The van der Waals surface area contributed by atoms with Crippen LogP contribution in [0.4, 0.5) is 5.69 Å². The zero-order valence-corrected chi connectivity index (χ0v) is 11.7. The number of carbonyl (C=O) groups excluding carboxylic acids is 1. The lowest BCUT2D eigenvalue weighted by Gasteiger charge is -2.07. The van der Waals surface area contributed by atoms with Crippen molar-refractivity contribution >= 4 is 33.1 Å². The lowest BCUT2D eigenvalue weighted by molar-refractivity contribution is 0.100. The molecule has 3 rings (SSSR count). The Balaban J connectivity index is 1.81. The minimum absolute atomic E-state index is 0.141. The normalized spacial score (nSPS) is 10.7. The third kappa shape index (κ3) is 2.77. The predicted octanol–water partition coefficient (Wildman–Crippen LogP) is 1.70. The molecule has 1 aromatic carbocycles. The SMILES string of the molecule is NC(=O)c1cccc(NCc2nc3ccsc3c(=O)[nH]2)c1. The molecule has 6 nitrogen and oxygen atoms in total. The molecule has 0 saturated heterocycles. The van der Waals surface area contributed by atoms with Crippen molar-refractivity contribution in [1.82, 2.24) is 9.97 Å². The molecule has 0 unspecified atom stereocenters. The van der Waals surface area contributed by atoms with E-state index in [0.29, 0.717) is 28.1 Å². The van der Waals surface area contributed by atoms with E-state index in [1.54, 1.807) is 18.2 Å². The number of carbonyl (C=O) groups is 1. The molecule has 0 aliphatic carbocycles. The Hall–Kier alpha value is -2.67. The highest BCUT2D eigenvalue weighted by Gasteiger charge is 2.05. The highest BCUT2D eigenvalue weighted by Crippen LogP contribution is 2.15. The molecule has 0 spiro atoms. The van der Waals surface area contributed by atoms with E-state index >= 15 is 0 Å². The van der Waals surface area contributed by atoms with Gasteiger partial charge in [-0.25, -0.2) is 4.98 Å². The topological polar surface area (TPSA) is 101 Å². The summed E-state index contributed by atoms with van der Waals surface area (Å²) in [6, 6.07) is 8.66. The fourth-order valence-corrected chi connectivity index (χ4v) is 2.70. The number of thiophene rings is 1. The van der Waals surface area contributed by atoms with Gasteiger partial charge in [0.05, 0.1) is 12.1 Å². The van der Waals surface area contributed by atoms with Gasteiger partial charge in [-0.1, -0.05) is 6.07 Å². The summed E-state index contributed by atoms with van der Waals surface area (Å²) in [6.45, 7) is 0.350. The van der Waals surface area contributed by atoms with Crippen LogP contribution in [0.1, 0.15) is 16.2 Å². The quantitative estimate of drug-likeness (QED) is 0.682. The molecule has 1 amide bonds. The van der Waals surface area contributed by atoms with Crippen molar-refractivity contribution in [3.8, 4) is 0 Å². The second-order valence-corrected chi connectivity index (χ2v) is 5.36. The molecule has 0 saturated carbocycles. The summed E-state index contributed by atoms with van der Waals surface area (Å²) in [6.07, 6.45) is 0. The molecular formula is C14H12N4O2S. The van der Waals surface area contributed by atoms with Crippen molar-refractivity contribution in [2.24, 2.45) is 5.73 Å². The molecule has 0 bridgehead atoms. The molecule has 0 aliphatic rings. The van der Waals surface area contributed by atoms with Crippen molar-refractivity contribution in [1.29, 1.82) is 0 Å². The van der Waals surface area contributed by atoms with E-state index in [0.717, 1.165) is 5.69 Å². The maximum absolute atomic E-state index is 11.8. The van der Waals surface area contributed by atoms with Crippen LogP contribution in [0.3, 0.4) is 0 Å². The fraction of sp³-hybridized carbons (Fsp3) is 0.0714. The van der Waals surface area contributed by atoms with Gasteiger partial charge in [-0.2, -0.15) is 0 Å². The maximum Gasteiger partial charge on any atom is 0.268 e. The van der Waals surface area contributed by atoms with Crippen LogP contribution in [0.2, 0.25) is 0 Å². The summed E-state index contributed by atoms with van der Waals surface area (Å²) in [7, 11) is 0. The van der Waals surface area contributed by atoms with Gasteiger partial charge in [0.1, 0.15) is 10.5 Å². The van der Waals surface area contributed by atoms with Crippen molar-refractivity contribution < 1.29 is 4.79 Å². The van der Waals surface area contributed by atoms with Crippen LogP contribution in [0.5, 0.6) is 0 Å². The summed E-state index contributed by atoms with van der Waals surface area (Å²) in [5.41, 5.74) is 6.94. The number of anilines is 1. The van der Waals surface area contributed by atoms with Crippen LogP contribution < -0.4 is 16.6 Å². The monoisotopic (exact) mass is 300 g/mol. The van der Waals surface area contributed by atoms with Gasteiger partial charge in [-0.05, 0) is 29.6 Å². The Labute approximate surface area is 123 Å². The number of nitrogens with one attached hydrogen (secondary N) is 2. The first-order valence-electron chi connectivity index (χ1n) is 6.23. The molecule has 0 fully saturated rings. The molecule has 0 aliphatic heterocycles. The summed E-state index contributed by atoms with van der Waals surface area (Å²) in [5.74, 6) is 0.0558. The van der Waals surface area contributed by atoms with Crippen LogP contribution >= 0.6 is 11.3 Å². The van der Waals surface area contributed by atoms with Gasteiger partial charge in [0, 0.05) is 11.3 Å². The van der Waals surface area contributed by atoms with E-state index in [9.17, 15) is 9.59 Å². The number of hydrogen-bond donors (Lipinski definition) is 3. The summed E-state index contributed by atoms with van der Waals surface area (Å²) in [4.78, 5) is 30.1. The predicted molar refractivity (Wildman–Crippen MR) is 82.5 cm³/mol. The molecule has 4 N–H and O–H groups in total. The smallest absolute Gasteiger partial charge is 0.268 e. The Morgan fingerprint density at radius 1 is 1.38 bits per heavy atom. The van der Waals surface area contributed by atoms with Crippen molar-refractivity contribution in [3.05, 3.63) is 57.5 Å². The number of rotatable bonds is 4. The Morgan fingerprint density at radius 3 is 3.05 bits per heavy atom. The Bertz CT molecular complexity index is 869. The van der Waals surface area contributed by atoms with Crippen LogP contribution in [-0.4, -0.2) is 15.9 Å². The number of nitrogens with zero attached hydrogens (tertiary/aromatic N) is 1. The number of aromatic amines is 1. The molecule has 2 heterocycles. The molecule has 7 heteroatoms. The average molecular weight is 300 g/mol. The lowest BCUT2D eigenvalue weighted by Crippen LogP contribution is -2.14. The molecule has 3 aromatic rings. The molecule has 0 atom stereocenters. The third-order valence-corrected chi connectivity index (χ3v) is 3.87. The first kappa shape index (κ1) is 13.3. The molecule has 0 radical (unpaired) electrons. The Morgan fingerprint density at radius 2 is 2.24 bits per heavy atom. The number of primary amides is 1. The van der Waals surface area contributed by atoms with Gasteiger partial charge in [0.15, 0.2) is 0 Å². The van der Waals surface area contributed by atoms with Gasteiger partial charge < -0.3 is 16.0 Å². The van der Waals surface area contributed by atoms with Gasteiger partial charge in [-0.3, -0.25) is 9.59 Å². The fourth-order valence-electron chi connectivity index (χ4n) is 1.97. The highest BCUT2D eigenvalue weighted by atomic mass is 32.1. The standard InChI is InChI=1S/C14H12N4O2S/c15-13(19)8-2-1-3-9(6-8)16-7-11-17-10-4-5-21-12(10)14(20)18-11/h1-6,16H,7H2,(H2,15,19)(H,17,18,20). The number of hydrogen-bond acceptors (Lipinski definition) is 5. The number of nitrogens with two attached hydrogens (primary N) is 1. The largest absolute Gasteiger partial charge is 0.378 e. The third-order valence-electron chi connectivity index (χ3n) is 2.97. The number of aromatic nitrogens is 2. The number of fused-ring (bicyclic) bond motifs is 1. The van der Waals surface area contributed by atoms with Crippen molar-refractivity contribution in [3.63, 3.8) is 0 Å². The van der Waals surface area contributed by atoms with Gasteiger partial charge >= 0.3 is 0 Å². The zero-order valence-electron chi connectivity index (χ0n) is 10.9. The van der Waals surface area contributed by atoms with E-state index in [-0.39, 0.29) is 5.56 Å². The number of benzene rings is 1. The van der Waals surface area contributed by atoms with Crippen molar-refractivity contribution in [2.75, 3.05) is 5.32 Å². The molecule has 2 aromatic heterocycles. The van der Waals surface area contributed by atoms with E-state index in [1.165, 1.54) is 11.3 Å². The molecule has 106 valence electrons. The van der Waals surface area contributed by atoms with Crippen LogP contribution in [-0.2, 0) is 6.54 Å². The van der Waals surface area contributed by atoms with Gasteiger partial charge in [0.2, 0.25) is 5.91 Å². The number of H-pyrrole nitrogens is 1. The van der Waals surface area contributed by atoms with Crippen LogP contribution in [0.25, 0.3) is 10.2 Å². The first-order valence-corrected chi connectivity index (χ1v) is 7.11.